The third-order valence-corrected chi connectivity index (χ3v) is 8.74. The Kier molecular flexibility index (Phi) is 9.41. The highest BCUT2D eigenvalue weighted by Gasteiger charge is 2.38. The standard InChI is InChI=1S/C34H39F3N2O3/c1-41-30-15-9-26(10-16-30)24-38-22-23-42-31-8-3-2-6-27(31)7-4-5-17-33(25-38)18-20-39(21-19-33)32(40)28-11-13-29(14-12-28)34(35,36)37/h2-3,6,8-16H,4-5,7,17-25H2,1H3. The maximum atomic E-state index is 13.2. The lowest BCUT2D eigenvalue weighted by atomic mass is 9.73. The van der Waals surface area contributed by atoms with Crippen LogP contribution in [0.2, 0.25) is 0 Å². The van der Waals surface area contributed by atoms with Gasteiger partial charge in [0.2, 0.25) is 0 Å². The van der Waals surface area contributed by atoms with Crippen molar-refractivity contribution in [3.05, 3.63) is 95.1 Å². The Morgan fingerprint density at radius 1 is 0.905 bits per heavy atom. The molecule has 3 aromatic carbocycles. The number of para-hydroxylation sites is 1. The van der Waals surface area contributed by atoms with Crippen molar-refractivity contribution in [3.63, 3.8) is 0 Å². The van der Waals surface area contributed by atoms with Gasteiger partial charge in [-0.25, -0.2) is 0 Å². The Labute approximate surface area is 246 Å². The molecule has 5 nitrogen and oxygen atoms in total. The summed E-state index contributed by atoms with van der Waals surface area (Å²) in [7, 11) is 1.67. The molecular weight excluding hydrogens is 541 g/mol. The summed E-state index contributed by atoms with van der Waals surface area (Å²) in [6.07, 6.45) is 1.48. The molecule has 0 N–H and O–H groups in total. The number of benzene rings is 3. The van der Waals surface area contributed by atoms with Crippen molar-refractivity contribution in [1.82, 2.24) is 9.80 Å². The van der Waals surface area contributed by atoms with Crippen molar-refractivity contribution in [3.8, 4) is 11.5 Å². The SMILES string of the molecule is COc1ccc(CN2CCOc3ccccc3CCCCC3(CCN(C(=O)c4ccc(C(F)(F)F)cc4)CC3)C2)cc1. The summed E-state index contributed by atoms with van der Waals surface area (Å²) < 4.78 is 50.6. The van der Waals surface area contributed by atoms with Crippen LogP contribution in [0.1, 0.15) is 59.2 Å². The Morgan fingerprint density at radius 3 is 2.31 bits per heavy atom. The van der Waals surface area contributed by atoms with Gasteiger partial charge >= 0.3 is 6.18 Å². The summed E-state index contributed by atoms with van der Waals surface area (Å²) in [5.41, 5.74) is 2.05. The third-order valence-electron chi connectivity index (χ3n) is 8.74. The van der Waals surface area contributed by atoms with E-state index in [1.165, 1.54) is 23.3 Å². The van der Waals surface area contributed by atoms with Crippen LogP contribution < -0.4 is 9.47 Å². The minimum absolute atomic E-state index is 0.0438. The fourth-order valence-corrected chi connectivity index (χ4v) is 6.28. The third kappa shape index (κ3) is 7.46. The van der Waals surface area contributed by atoms with Crippen LogP contribution in [0.25, 0.3) is 0 Å². The Balaban J connectivity index is 1.31. The molecule has 0 bridgehead atoms. The Morgan fingerprint density at radius 2 is 1.62 bits per heavy atom. The number of methoxy groups -OCH3 is 1. The summed E-state index contributed by atoms with van der Waals surface area (Å²) in [4.78, 5) is 17.5. The number of nitrogens with zero attached hydrogens (tertiary/aromatic N) is 2. The van der Waals surface area contributed by atoms with E-state index in [9.17, 15) is 18.0 Å². The van der Waals surface area contributed by atoms with E-state index in [0.717, 1.165) is 81.8 Å². The van der Waals surface area contributed by atoms with E-state index in [-0.39, 0.29) is 11.3 Å². The predicted octanol–water partition coefficient (Wildman–Crippen LogP) is 7.24. The summed E-state index contributed by atoms with van der Waals surface area (Å²) in [5.74, 6) is 1.59. The summed E-state index contributed by atoms with van der Waals surface area (Å²) in [5, 5.41) is 0. The molecule has 0 radical (unpaired) electrons. The van der Waals surface area contributed by atoms with Gasteiger partial charge in [0.15, 0.2) is 0 Å². The first-order valence-corrected chi connectivity index (χ1v) is 14.8. The first-order valence-electron chi connectivity index (χ1n) is 14.8. The molecule has 3 aromatic rings. The number of rotatable bonds is 4. The van der Waals surface area contributed by atoms with Gasteiger partial charge in [0, 0.05) is 38.3 Å². The van der Waals surface area contributed by atoms with Gasteiger partial charge in [-0.05, 0) is 91.1 Å². The number of piperidine rings is 1. The monoisotopic (exact) mass is 580 g/mol. The van der Waals surface area contributed by atoms with Crippen LogP contribution in [0.3, 0.4) is 0 Å². The number of hydrogen-bond acceptors (Lipinski definition) is 4. The number of carbonyl (C=O) groups is 1. The number of amides is 1. The fraction of sp³-hybridized carbons (Fsp3) is 0.441. The van der Waals surface area contributed by atoms with Crippen molar-refractivity contribution >= 4 is 5.91 Å². The largest absolute Gasteiger partial charge is 0.497 e. The maximum Gasteiger partial charge on any atom is 0.416 e. The smallest absolute Gasteiger partial charge is 0.416 e. The molecule has 2 aliphatic heterocycles. The van der Waals surface area contributed by atoms with E-state index in [1.807, 2.05) is 18.2 Å². The average molecular weight is 581 g/mol. The van der Waals surface area contributed by atoms with Gasteiger partial charge in [-0.2, -0.15) is 13.2 Å². The van der Waals surface area contributed by atoms with Gasteiger partial charge in [-0.1, -0.05) is 36.8 Å². The molecule has 1 saturated heterocycles. The molecule has 0 aromatic heterocycles. The maximum absolute atomic E-state index is 13.2. The number of halogens is 3. The quantitative estimate of drug-likeness (QED) is 0.326. The van der Waals surface area contributed by atoms with Crippen molar-refractivity contribution < 1.29 is 27.4 Å². The van der Waals surface area contributed by atoms with Gasteiger partial charge in [0.1, 0.15) is 18.1 Å². The number of carbonyl (C=O) groups excluding carboxylic acids is 1. The van der Waals surface area contributed by atoms with Gasteiger partial charge in [0.05, 0.1) is 12.7 Å². The van der Waals surface area contributed by atoms with Gasteiger partial charge in [0.25, 0.3) is 5.91 Å². The van der Waals surface area contributed by atoms with Gasteiger partial charge in [-0.15, -0.1) is 0 Å². The summed E-state index contributed by atoms with van der Waals surface area (Å²) in [6.45, 7) is 4.22. The van der Waals surface area contributed by atoms with Crippen LogP contribution in [-0.4, -0.2) is 55.6 Å². The van der Waals surface area contributed by atoms with Crippen molar-refractivity contribution in [2.45, 2.75) is 51.2 Å². The first kappa shape index (κ1) is 30.0. The molecule has 8 heteroatoms. The lowest BCUT2D eigenvalue weighted by molar-refractivity contribution is -0.137. The molecule has 224 valence electrons. The highest BCUT2D eigenvalue weighted by atomic mass is 19.4. The number of hydrogen-bond donors (Lipinski definition) is 0. The molecule has 1 spiro atoms. The minimum atomic E-state index is -4.42. The highest BCUT2D eigenvalue weighted by Crippen LogP contribution is 2.39. The van der Waals surface area contributed by atoms with E-state index in [2.05, 4.69) is 35.2 Å². The van der Waals surface area contributed by atoms with E-state index in [4.69, 9.17) is 9.47 Å². The number of aryl methyl sites for hydroxylation is 1. The molecule has 2 heterocycles. The molecule has 0 aliphatic carbocycles. The van der Waals surface area contributed by atoms with Crippen LogP contribution in [0.5, 0.6) is 11.5 Å². The Hall–Kier alpha value is -3.52. The van der Waals surface area contributed by atoms with Crippen LogP contribution in [0.15, 0.2) is 72.8 Å². The zero-order valence-corrected chi connectivity index (χ0v) is 24.2. The fourth-order valence-electron chi connectivity index (χ4n) is 6.28. The molecule has 5 rings (SSSR count). The normalized spacial score (nSPS) is 18.3. The number of alkyl halides is 3. The Bertz CT molecular complexity index is 1320. The molecular formula is C34H39F3N2O3. The van der Waals surface area contributed by atoms with Crippen molar-refractivity contribution in [1.29, 1.82) is 0 Å². The minimum Gasteiger partial charge on any atom is -0.497 e. The van der Waals surface area contributed by atoms with E-state index in [0.29, 0.717) is 25.3 Å². The molecule has 1 amide bonds. The second-order valence-electron chi connectivity index (χ2n) is 11.6. The van der Waals surface area contributed by atoms with Gasteiger partial charge < -0.3 is 14.4 Å². The van der Waals surface area contributed by atoms with Gasteiger partial charge in [-0.3, -0.25) is 9.69 Å². The molecule has 0 saturated carbocycles. The second kappa shape index (κ2) is 13.2. The van der Waals surface area contributed by atoms with Crippen LogP contribution in [0, 0.1) is 5.41 Å². The van der Waals surface area contributed by atoms with Crippen LogP contribution >= 0.6 is 0 Å². The molecule has 2 aliphatic rings. The van der Waals surface area contributed by atoms with E-state index >= 15 is 0 Å². The topological polar surface area (TPSA) is 42.0 Å². The van der Waals surface area contributed by atoms with Crippen molar-refractivity contribution in [2.24, 2.45) is 5.41 Å². The summed E-state index contributed by atoms with van der Waals surface area (Å²) in [6, 6.07) is 21.0. The molecule has 42 heavy (non-hydrogen) atoms. The lowest BCUT2D eigenvalue weighted by Crippen LogP contribution is -2.48. The molecule has 1 fully saturated rings. The lowest BCUT2D eigenvalue weighted by Gasteiger charge is -2.45. The zero-order chi connectivity index (χ0) is 29.6. The number of fused-ring (bicyclic) bond motifs is 1. The number of ether oxygens (including phenoxy) is 2. The van der Waals surface area contributed by atoms with Crippen LogP contribution in [0.4, 0.5) is 13.2 Å². The average Bonchev–Trinajstić information content (AvgIpc) is 2.99. The highest BCUT2D eigenvalue weighted by molar-refractivity contribution is 5.94. The second-order valence-corrected chi connectivity index (χ2v) is 11.6. The molecule has 0 unspecified atom stereocenters. The predicted molar refractivity (Wildman–Crippen MR) is 157 cm³/mol. The van der Waals surface area contributed by atoms with E-state index < -0.39 is 11.7 Å². The number of likely N-dealkylation sites (tertiary alicyclic amines) is 1. The summed E-state index contributed by atoms with van der Waals surface area (Å²) >= 11 is 0. The zero-order valence-electron chi connectivity index (χ0n) is 24.2. The van der Waals surface area contributed by atoms with Crippen LogP contribution in [-0.2, 0) is 19.1 Å². The molecule has 0 atom stereocenters. The first-order chi connectivity index (χ1) is 20.2. The van der Waals surface area contributed by atoms with E-state index in [1.54, 1.807) is 12.0 Å². The van der Waals surface area contributed by atoms with Crippen molar-refractivity contribution in [2.75, 3.05) is 39.9 Å².